The predicted molar refractivity (Wildman–Crippen MR) is 77.5 cm³/mol. The molecule has 0 spiro atoms. The minimum atomic E-state index is -3.38. The van der Waals surface area contributed by atoms with E-state index in [1.807, 2.05) is 0 Å². The Morgan fingerprint density at radius 1 is 1.38 bits per heavy atom. The monoisotopic (exact) mass is 321 g/mol. The molecule has 1 fully saturated rings. The van der Waals surface area contributed by atoms with Crippen LogP contribution in [0.1, 0.15) is 26.2 Å². The molecule has 0 bridgehead atoms. The molecule has 2 N–H and O–H groups in total. The smallest absolute Gasteiger partial charge is 0.329 e. The summed E-state index contributed by atoms with van der Waals surface area (Å²) in [5, 5.41) is 11.9. The van der Waals surface area contributed by atoms with E-state index in [0.717, 1.165) is 4.31 Å². The van der Waals surface area contributed by atoms with Crippen molar-refractivity contribution in [3.63, 3.8) is 0 Å². The van der Waals surface area contributed by atoms with Crippen molar-refractivity contribution in [3.8, 4) is 0 Å². The van der Waals surface area contributed by atoms with E-state index in [9.17, 15) is 23.1 Å². The molecular weight excluding hydrogens is 298 g/mol. The van der Waals surface area contributed by atoms with E-state index in [-0.39, 0.29) is 12.3 Å². The van der Waals surface area contributed by atoms with Gasteiger partial charge in [0, 0.05) is 27.2 Å². The second kappa shape index (κ2) is 6.61. The molecule has 9 heteroatoms. The lowest BCUT2D eigenvalue weighted by molar-refractivity contribution is -0.148. The number of sulfonamides is 1. The number of rotatable bonds is 6. The number of nitrogens with one attached hydrogen (secondary N) is 1. The van der Waals surface area contributed by atoms with Crippen LogP contribution in [0.5, 0.6) is 0 Å². The first kappa shape index (κ1) is 17.7. The molecular formula is C12H23N3O5S. The normalized spacial score (nSPS) is 22.6. The van der Waals surface area contributed by atoms with Crippen molar-refractivity contribution in [3.05, 3.63) is 0 Å². The zero-order chi connectivity index (χ0) is 16.3. The number of aliphatic carboxylic acids is 1. The highest BCUT2D eigenvalue weighted by atomic mass is 32.2. The van der Waals surface area contributed by atoms with Gasteiger partial charge in [0.25, 0.3) is 0 Å². The third-order valence-corrected chi connectivity index (χ3v) is 5.74. The summed E-state index contributed by atoms with van der Waals surface area (Å²) in [7, 11) is -0.543. The molecule has 1 unspecified atom stereocenters. The lowest BCUT2D eigenvalue weighted by atomic mass is 9.93. The van der Waals surface area contributed by atoms with Crippen LogP contribution >= 0.6 is 0 Å². The summed E-state index contributed by atoms with van der Waals surface area (Å²) in [4.78, 5) is 24.9. The molecule has 21 heavy (non-hydrogen) atoms. The number of likely N-dealkylation sites (tertiary alicyclic amines) is 1. The number of carbonyl (C=O) groups excluding carboxylic acids is 1. The van der Waals surface area contributed by atoms with Crippen LogP contribution in [-0.2, 0) is 14.8 Å². The first-order valence-corrected chi connectivity index (χ1v) is 8.47. The van der Waals surface area contributed by atoms with Gasteiger partial charge in [-0.15, -0.1) is 0 Å². The summed E-state index contributed by atoms with van der Waals surface area (Å²) in [5.74, 6) is -1.23. The Labute approximate surface area is 125 Å². The fraction of sp³-hybridized carbons (Fsp3) is 0.833. The van der Waals surface area contributed by atoms with E-state index in [4.69, 9.17) is 0 Å². The molecule has 0 aromatic carbocycles. The van der Waals surface area contributed by atoms with E-state index in [2.05, 4.69) is 5.32 Å². The van der Waals surface area contributed by atoms with Crippen molar-refractivity contribution < 1.29 is 23.1 Å². The Kier molecular flexibility index (Phi) is 5.57. The minimum absolute atomic E-state index is 0.0464. The van der Waals surface area contributed by atoms with Crippen molar-refractivity contribution in [2.75, 3.05) is 32.9 Å². The van der Waals surface area contributed by atoms with E-state index in [0.29, 0.717) is 25.8 Å². The SMILES string of the molecule is CCC1(C(=O)O)CCCN1C(=O)NCCS(=O)(=O)N(C)C. The molecule has 1 rings (SSSR count). The number of urea groups is 1. The number of carboxylic acids is 1. The molecule has 0 radical (unpaired) electrons. The summed E-state index contributed by atoms with van der Waals surface area (Å²) in [6.07, 6.45) is 1.37. The van der Waals surface area contributed by atoms with Gasteiger partial charge in [-0.1, -0.05) is 6.92 Å². The number of carboxylic acid groups (broad SMARTS) is 1. The average Bonchev–Trinajstić information content (AvgIpc) is 2.83. The Bertz CT molecular complexity index is 505. The molecule has 8 nitrogen and oxygen atoms in total. The first-order chi connectivity index (χ1) is 9.67. The fourth-order valence-corrected chi connectivity index (χ4v) is 3.21. The highest BCUT2D eigenvalue weighted by Gasteiger charge is 2.48. The number of hydrogen-bond acceptors (Lipinski definition) is 4. The second-order valence-corrected chi connectivity index (χ2v) is 7.58. The van der Waals surface area contributed by atoms with Gasteiger partial charge < -0.3 is 15.3 Å². The third-order valence-electron chi connectivity index (χ3n) is 3.91. The van der Waals surface area contributed by atoms with Crippen LogP contribution in [0.2, 0.25) is 0 Å². The molecule has 1 aliphatic heterocycles. The van der Waals surface area contributed by atoms with Crippen LogP contribution in [0.15, 0.2) is 0 Å². The lowest BCUT2D eigenvalue weighted by Crippen LogP contribution is -2.56. The number of hydrogen-bond donors (Lipinski definition) is 2. The van der Waals surface area contributed by atoms with Gasteiger partial charge >= 0.3 is 12.0 Å². The van der Waals surface area contributed by atoms with Crippen LogP contribution < -0.4 is 5.32 Å². The average molecular weight is 321 g/mol. The van der Waals surface area contributed by atoms with Crippen molar-refractivity contribution in [2.24, 2.45) is 0 Å². The largest absolute Gasteiger partial charge is 0.479 e. The molecule has 2 amide bonds. The van der Waals surface area contributed by atoms with Gasteiger partial charge in [-0.3, -0.25) is 0 Å². The van der Waals surface area contributed by atoms with Gasteiger partial charge in [-0.05, 0) is 19.3 Å². The summed E-state index contributed by atoms with van der Waals surface area (Å²) in [5.41, 5.74) is -1.18. The number of nitrogens with zero attached hydrogens (tertiary/aromatic N) is 2. The van der Waals surface area contributed by atoms with Gasteiger partial charge in [0.05, 0.1) is 5.75 Å². The number of amides is 2. The molecule has 122 valence electrons. The van der Waals surface area contributed by atoms with Crippen molar-refractivity contribution >= 4 is 22.0 Å². The van der Waals surface area contributed by atoms with Crippen molar-refractivity contribution in [1.29, 1.82) is 0 Å². The molecule has 0 saturated carbocycles. The Morgan fingerprint density at radius 3 is 2.48 bits per heavy atom. The van der Waals surface area contributed by atoms with E-state index >= 15 is 0 Å². The molecule has 0 aromatic heterocycles. The summed E-state index contributed by atoms with van der Waals surface area (Å²) < 4.78 is 24.3. The van der Waals surface area contributed by atoms with E-state index in [1.165, 1.54) is 19.0 Å². The predicted octanol–water partition coefficient (Wildman–Crippen LogP) is -0.0834. The van der Waals surface area contributed by atoms with Crippen LogP contribution in [0.25, 0.3) is 0 Å². The van der Waals surface area contributed by atoms with Gasteiger partial charge in [0.15, 0.2) is 0 Å². The molecule has 1 atom stereocenters. The van der Waals surface area contributed by atoms with Crippen LogP contribution in [0, 0.1) is 0 Å². The van der Waals surface area contributed by atoms with Gasteiger partial charge in [-0.25, -0.2) is 22.3 Å². The van der Waals surface area contributed by atoms with Gasteiger partial charge in [0.1, 0.15) is 5.54 Å². The van der Waals surface area contributed by atoms with Crippen LogP contribution in [0.3, 0.4) is 0 Å². The third kappa shape index (κ3) is 3.65. The van der Waals surface area contributed by atoms with Crippen molar-refractivity contribution in [1.82, 2.24) is 14.5 Å². The lowest BCUT2D eigenvalue weighted by Gasteiger charge is -2.33. The quantitative estimate of drug-likeness (QED) is 0.711. The minimum Gasteiger partial charge on any atom is -0.479 e. The zero-order valence-electron chi connectivity index (χ0n) is 12.6. The van der Waals surface area contributed by atoms with Gasteiger partial charge in [-0.2, -0.15) is 0 Å². The first-order valence-electron chi connectivity index (χ1n) is 6.86. The Morgan fingerprint density at radius 2 is 2.00 bits per heavy atom. The maximum absolute atomic E-state index is 12.1. The summed E-state index contributed by atoms with van der Waals surface area (Å²) in [6, 6.07) is -0.522. The highest BCUT2D eigenvalue weighted by Crippen LogP contribution is 2.32. The van der Waals surface area contributed by atoms with Crippen molar-refractivity contribution in [2.45, 2.75) is 31.7 Å². The molecule has 1 saturated heterocycles. The zero-order valence-corrected chi connectivity index (χ0v) is 13.4. The number of carbonyl (C=O) groups is 2. The van der Waals surface area contributed by atoms with Crippen LogP contribution in [0.4, 0.5) is 4.79 Å². The fourth-order valence-electron chi connectivity index (χ4n) is 2.48. The standard InChI is InChI=1S/C12H23N3O5S/c1-4-12(10(16)17)6-5-8-15(12)11(18)13-7-9-21(19,20)14(2)3/h4-9H2,1-3H3,(H,13,18)(H,16,17). The molecule has 1 heterocycles. The highest BCUT2D eigenvalue weighted by molar-refractivity contribution is 7.89. The Hall–Kier alpha value is -1.35. The maximum Gasteiger partial charge on any atom is 0.329 e. The van der Waals surface area contributed by atoms with E-state index in [1.54, 1.807) is 6.92 Å². The second-order valence-electron chi connectivity index (χ2n) is 5.28. The Balaban J connectivity index is 2.66. The summed E-state index contributed by atoms with van der Waals surface area (Å²) in [6.45, 7) is 2.05. The molecule has 0 aromatic rings. The van der Waals surface area contributed by atoms with Crippen LogP contribution in [-0.4, -0.2) is 73.2 Å². The van der Waals surface area contributed by atoms with Gasteiger partial charge in [0.2, 0.25) is 10.0 Å². The summed E-state index contributed by atoms with van der Waals surface area (Å²) >= 11 is 0. The molecule has 1 aliphatic rings. The van der Waals surface area contributed by atoms with E-state index < -0.39 is 27.6 Å². The topological polar surface area (TPSA) is 107 Å². The molecule has 0 aliphatic carbocycles. The maximum atomic E-state index is 12.1.